The van der Waals surface area contributed by atoms with Crippen molar-refractivity contribution in [3.05, 3.63) is 0 Å². The first kappa shape index (κ1) is 11.7. The van der Waals surface area contributed by atoms with E-state index in [2.05, 4.69) is 15.1 Å². The van der Waals surface area contributed by atoms with Gasteiger partial charge in [-0.25, -0.2) is 0 Å². The summed E-state index contributed by atoms with van der Waals surface area (Å²) in [6.45, 7) is 6.80. The van der Waals surface area contributed by atoms with Crippen LogP contribution in [-0.2, 0) is 0 Å². The van der Waals surface area contributed by atoms with Gasteiger partial charge in [-0.1, -0.05) is 0 Å². The Balaban J connectivity index is 1.36. The summed E-state index contributed by atoms with van der Waals surface area (Å²) in [4.78, 5) is 5.54. The molecule has 0 aromatic heterocycles. The fourth-order valence-electron chi connectivity index (χ4n) is 4.92. The van der Waals surface area contributed by atoms with Crippen LogP contribution in [0.25, 0.3) is 0 Å². The van der Waals surface area contributed by atoms with Crippen molar-refractivity contribution in [2.45, 2.75) is 56.7 Å². The third-order valence-corrected chi connectivity index (χ3v) is 5.81. The minimum Gasteiger partial charge on any atom is -0.311 e. The van der Waals surface area contributed by atoms with Crippen LogP contribution in [0.4, 0.5) is 0 Å². The van der Waals surface area contributed by atoms with Gasteiger partial charge >= 0.3 is 0 Å². The first-order chi connectivity index (χ1) is 8.88. The van der Waals surface area contributed by atoms with Crippen LogP contribution in [0.15, 0.2) is 0 Å². The molecule has 2 bridgehead atoms. The van der Waals surface area contributed by atoms with Gasteiger partial charge in [-0.05, 0) is 64.1 Å². The third-order valence-electron chi connectivity index (χ3n) is 5.81. The van der Waals surface area contributed by atoms with Crippen molar-refractivity contribution in [1.82, 2.24) is 15.1 Å². The lowest BCUT2D eigenvalue weighted by Gasteiger charge is -2.30. The molecule has 4 rings (SSSR count). The molecular formula is C15H27N3. The van der Waals surface area contributed by atoms with Crippen LogP contribution in [0.3, 0.4) is 0 Å². The van der Waals surface area contributed by atoms with Crippen molar-refractivity contribution in [3.8, 4) is 0 Å². The summed E-state index contributed by atoms with van der Waals surface area (Å²) in [5, 5.41) is 3.79. The van der Waals surface area contributed by atoms with E-state index in [0.29, 0.717) is 0 Å². The second-order valence-corrected chi connectivity index (χ2v) is 6.99. The number of fused-ring (bicyclic) bond motifs is 3. The molecule has 0 radical (unpaired) electrons. The number of rotatable bonds is 2. The van der Waals surface area contributed by atoms with Gasteiger partial charge in [0.15, 0.2) is 0 Å². The molecule has 0 spiro atoms. The van der Waals surface area contributed by atoms with Gasteiger partial charge < -0.3 is 10.2 Å². The van der Waals surface area contributed by atoms with E-state index >= 15 is 0 Å². The Hall–Kier alpha value is -0.120. The first-order valence-corrected chi connectivity index (χ1v) is 8.11. The van der Waals surface area contributed by atoms with Crippen LogP contribution < -0.4 is 5.32 Å². The van der Waals surface area contributed by atoms with E-state index in [0.717, 1.165) is 24.0 Å². The lowest BCUT2D eigenvalue weighted by molar-refractivity contribution is 0.187. The van der Waals surface area contributed by atoms with Gasteiger partial charge in [-0.2, -0.15) is 0 Å². The molecule has 18 heavy (non-hydrogen) atoms. The first-order valence-electron chi connectivity index (χ1n) is 8.11. The lowest BCUT2D eigenvalue weighted by atomic mass is 9.88. The normalized spacial score (nSPS) is 45.3. The molecule has 4 unspecified atom stereocenters. The van der Waals surface area contributed by atoms with E-state index < -0.39 is 0 Å². The highest BCUT2D eigenvalue weighted by Gasteiger charge is 2.40. The minimum atomic E-state index is 0.859. The van der Waals surface area contributed by atoms with Crippen molar-refractivity contribution in [2.24, 2.45) is 5.92 Å². The summed E-state index contributed by atoms with van der Waals surface area (Å²) in [6.07, 6.45) is 8.62. The molecule has 0 saturated carbocycles. The van der Waals surface area contributed by atoms with Crippen molar-refractivity contribution in [1.29, 1.82) is 0 Å². The van der Waals surface area contributed by atoms with Gasteiger partial charge in [-0.15, -0.1) is 0 Å². The number of nitrogens with one attached hydrogen (secondary N) is 1. The zero-order chi connectivity index (χ0) is 11.9. The van der Waals surface area contributed by atoms with E-state index in [1.54, 1.807) is 0 Å². The van der Waals surface area contributed by atoms with Crippen LogP contribution >= 0.6 is 0 Å². The Morgan fingerprint density at radius 1 is 1.00 bits per heavy atom. The number of nitrogens with zero attached hydrogens (tertiary/aromatic N) is 2. The van der Waals surface area contributed by atoms with Gasteiger partial charge in [0.1, 0.15) is 0 Å². The van der Waals surface area contributed by atoms with Gasteiger partial charge in [-0.3, -0.25) is 4.90 Å². The molecule has 4 aliphatic heterocycles. The molecule has 4 aliphatic rings. The Morgan fingerprint density at radius 3 is 2.78 bits per heavy atom. The maximum Gasteiger partial charge on any atom is 0.0223 e. The molecule has 102 valence electrons. The van der Waals surface area contributed by atoms with Gasteiger partial charge in [0, 0.05) is 31.2 Å². The monoisotopic (exact) mass is 249 g/mol. The van der Waals surface area contributed by atoms with Crippen LogP contribution in [0, 0.1) is 5.92 Å². The minimum absolute atomic E-state index is 0.859. The van der Waals surface area contributed by atoms with E-state index in [1.165, 1.54) is 71.2 Å². The van der Waals surface area contributed by atoms with Crippen LogP contribution in [0.1, 0.15) is 38.5 Å². The Labute approximate surface area is 111 Å². The van der Waals surface area contributed by atoms with Crippen molar-refractivity contribution in [2.75, 3.05) is 32.7 Å². The molecule has 0 aromatic carbocycles. The summed E-state index contributed by atoms with van der Waals surface area (Å²) >= 11 is 0. The van der Waals surface area contributed by atoms with Gasteiger partial charge in [0.05, 0.1) is 0 Å². The molecule has 4 saturated heterocycles. The van der Waals surface area contributed by atoms with E-state index in [4.69, 9.17) is 0 Å². The van der Waals surface area contributed by atoms with Gasteiger partial charge in [0.2, 0.25) is 0 Å². The molecule has 0 aromatic rings. The van der Waals surface area contributed by atoms with Gasteiger partial charge in [0.25, 0.3) is 0 Å². The highest BCUT2D eigenvalue weighted by atomic mass is 15.3. The number of hydrogen-bond acceptors (Lipinski definition) is 3. The molecule has 3 heteroatoms. The van der Waals surface area contributed by atoms with Crippen LogP contribution in [0.5, 0.6) is 0 Å². The SMILES string of the molecule is C1CC2CN(CC3CC4CCC3N4)CCCN2C1. The predicted octanol–water partition coefficient (Wildman–Crippen LogP) is 1.30. The van der Waals surface area contributed by atoms with Crippen molar-refractivity contribution < 1.29 is 0 Å². The fraction of sp³-hybridized carbons (Fsp3) is 1.00. The summed E-state index contributed by atoms with van der Waals surface area (Å²) < 4.78 is 0. The maximum absolute atomic E-state index is 3.79. The summed E-state index contributed by atoms with van der Waals surface area (Å²) in [7, 11) is 0. The highest BCUT2D eigenvalue weighted by molar-refractivity contribution is 4.98. The molecular weight excluding hydrogens is 222 g/mol. The zero-order valence-corrected chi connectivity index (χ0v) is 11.5. The Kier molecular flexibility index (Phi) is 3.10. The second kappa shape index (κ2) is 4.77. The largest absolute Gasteiger partial charge is 0.311 e. The molecule has 4 atom stereocenters. The second-order valence-electron chi connectivity index (χ2n) is 6.99. The molecule has 4 heterocycles. The summed E-state index contributed by atoms with van der Waals surface area (Å²) in [5.74, 6) is 0.955. The molecule has 1 N–H and O–H groups in total. The highest BCUT2D eigenvalue weighted by Crippen LogP contribution is 2.34. The lowest BCUT2D eigenvalue weighted by Crippen LogP contribution is -2.40. The zero-order valence-electron chi connectivity index (χ0n) is 11.5. The smallest absolute Gasteiger partial charge is 0.0223 e. The molecule has 0 aliphatic carbocycles. The standard InChI is InChI=1S/C15H27N3/c1-3-14-11-17(6-2-8-18(14)7-1)10-12-9-13-4-5-15(12)16-13/h12-16H,1-11H2. The van der Waals surface area contributed by atoms with E-state index in [-0.39, 0.29) is 0 Å². The molecule has 3 nitrogen and oxygen atoms in total. The fourth-order valence-corrected chi connectivity index (χ4v) is 4.92. The summed E-state index contributed by atoms with van der Waals surface area (Å²) in [6, 6.07) is 2.62. The van der Waals surface area contributed by atoms with Crippen molar-refractivity contribution >= 4 is 0 Å². The average molecular weight is 249 g/mol. The van der Waals surface area contributed by atoms with E-state index in [1.807, 2.05) is 0 Å². The van der Waals surface area contributed by atoms with Crippen LogP contribution in [-0.4, -0.2) is 60.6 Å². The topological polar surface area (TPSA) is 18.5 Å². The molecule has 4 fully saturated rings. The quantitative estimate of drug-likeness (QED) is 0.796. The van der Waals surface area contributed by atoms with Crippen molar-refractivity contribution in [3.63, 3.8) is 0 Å². The number of hydrogen-bond donors (Lipinski definition) is 1. The van der Waals surface area contributed by atoms with E-state index in [9.17, 15) is 0 Å². The molecule has 0 amide bonds. The maximum atomic E-state index is 3.79. The summed E-state index contributed by atoms with van der Waals surface area (Å²) in [5.41, 5.74) is 0. The predicted molar refractivity (Wildman–Crippen MR) is 73.7 cm³/mol. The Morgan fingerprint density at radius 2 is 1.94 bits per heavy atom. The Bertz CT molecular complexity index is 306. The third kappa shape index (κ3) is 2.10. The average Bonchev–Trinajstić information content (AvgIpc) is 3.05. The van der Waals surface area contributed by atoms with Crippen LogP contribution in [0.2, 0.25) is 0 Å².